The standard InChI is InChI=1S/C12H14F2N2O3S/c1-7(17)15-10(6-20)11(18)16-8-2-4-9(5-3-8)19-12(13)14/h2-5,10,12,20H,6H2,1H3,(H,15,17)(H,16,18). The zero-order chi connectivity index (χ0) is 15.1. The number of hydrogen-bond donors (Lipinski definition) is 3. The number of carbonyl (C=O) groups excluding carboxylic acids is 2. The Morgan fingerprint density at radius 1 is 1.30 bits per heavy atom. The molecule has 0 spiro atoms. The lowest BCUT2D eigenvalue weighted by molar-refractivity contribution is -0.124. The van der Waals surface area contributed by atoms with E-state index < -0.39 is 18.6 Å². The molecule has 8 heteroatoms. The van der Waals surface area contributed by atoms with Gasteiger partial charge in [0, 0.05) is 18.4 Å². The lowest BCUT2D eigenvalue weighted by Gasteiger charge is -2.15. The first-order chi connectivity index (χ1) is 9.42. The van der Waals surface area contributed by atoms with Crippen LogP contribution in [0.5, 0.6) is 5.75 Å². The molecule has 2 amide bonds. The highest BCUT2D eigenvalue weighted by atomic mass is 32.1. The average molecular weight is 304 g/mol. The third-order valence-electron chi connectivity index (χ3n) is 2.22. The number of halogens is 2. The summed E-state index contributed by atoms with van der Waals surface area (Å²) in [6, 6.07) is 4.66. The van der Waals surface area contributed by atoms with Crippen molar-refractivity contribution in [3.63, 3.8) is 0 Å². The summed E-state index contributed by atoms with van der Waals surface area (Å²) in [5.41, 5.74) is 0.397. The molecule has 20 heavy (non-hydrogen) atoms. The molecule has 110 valence electrons. The minimum Gasteiger partial charge on any atom is -0.435 e. The Morgan fingerprint density at radius 3 is 2.35 bits per heavy atom. The van der Waals surface area contributed by atoms with Crippen LogP contribution in [0.25, 0.3) is 0 Å². The van der Waals surface area contributed by atoms with E-state index in [1.165, 1.54) is 31.2 Å². The van der Waals surface area contributed by atoms with Gasteiger partial charge in [0.25, 0.3) is 0 Å². The average Bonchev–Trinajstić information content (AvgIpc) is 2.37. The van der Waals surface area contributed by atoms with Crippen molar-refractivity contribution < 1.29 is 23.1 Å². The van der Waals surface area contributed by atoms with Crippen molar-refractivity contribution in [3.05, 3.63) is 24.3 Å². The molecule has 0 heterocycles. The summed E-state index contributed by atoms with van der Waals surface area (Å²) >= 11 is 3.97. The number of amides is 2. The maximum atomic E-state index is 12.0. The van der Waals surface area contributed by atoms with E-state index in [2.05, 4.69) is 28.0 Å². The molecule has 0 aliphatic heterocycles. The molecule has 0 aromatic heterocycles. The second-order valence-electron chi connectivity index (χ2n) is 3.83. The number of anilines is 1. The summed E-state index contributed by atoms with van der Waals surface area (Å²) in [5, 5.41) is 4.97. The number of hydrogen-bond acceptors (Lipinski definition) is 4. The molecule has 0 fully saturated rings. The van der Waals surface area contributed by atoms with Crippen LogP contribution in [0.3, 0.4) is 0 Å². The van der Waals surface area contributed by atoms with Gasteiger partial charge in [-0.05, 0) is 24.3 Å². The quantitative estimate of drug-likeness (QED) is 0.700. The highest BCUT2D eigenvalue weighted by molar-refractivity contribution is 7.80. The van der Waals surface area contributed by atoms with Gasteiger partial charge in [-0.3, -0.25) is 9.59 Å². The van der Waals surface area contributed by atoms with E-state index in [-0.39, 0.29) is 17.4 Å². The van der Waals surface area contributed by atoms with E-state index in [0.717, 1.165) is 0 Å². The Kier molecular flexibility index (Phi) is 6.23. The molecule has 1 aromatic rings. The zero-order valence-corrected chi connectivity index (χ0v) is 11.5. The molecule has 1 rings (SSSR count). The van der Waals surface area contributed by atoms with Gasteiger partial charge in [-0.2, -0.15) is 21.4 Å². The Labute approximate surface area is 120 Å². The topological polar surface area (TPSA) is 67.4 Å². The normalized spacial score (nSPS) is 11.8. The Morgan fingerprint density at radius 2 is 1.90 bits per heavy atom. The first-order valence-corrected chi connectivity index (χ1v) is 6.29. The van der Waals surface area contributed by atoms with E-state index in [1.54, 1.807) is 0 Å². The van der Waals surface area contributed by atoms with Crippen molar-refractivity contribution in [2.45, 2.75) is 19.6 Å². The van der Waals surface area contributed by atoms with E-state index in [4.69, 9.17) is 0 Å². The van der Waals surface area contributed by atoms with Gasteiger partial charge < -0.3 is 15.4 Å². The molecule has 1 atom stereocenters. The van der Waals surface area contributed by atoms with Gasteiger partial charge in [0.15, 0.2) is 0 Å². The maximum Gasteiger partial charge on any atom is 0.387 e. The molecule has 5 nitrogen and oxygen atoms in total. The number of ether oxygens (including phenoxy) is 1. The summed E-state index contributed by atoms with van der Waals surface area (Å²) < 4.78 is 28.1. The fourth-order valence-corrected chi connectivity index (χ4v) is 1.65. The van der Waals surface area contributed by atoms with Crippen LogP contribution in [0.4, 0.5) is 14.5 Å². The van der Waals surface area contributed by atoms with Gasteiger partial charge in [0.2, 0.25) is 11.8 Å². The third-order valence-corrected chi connectivity index (χ3v) is 2.59. The molecule has 0 aliphatic carbocycles. The van der Waals surface area contributed by atoms with Crippen LogP contribution >= 0.6 is 12.6 Å². The van der Waals surface area contributed by atoms with Gasteiger partial charge in [0.1, 0.15) is 11.8 Å². The van der Waals surface area contributed by atoms with Gasteiger partial charge in [0.05, 0.1) is 0 Å². The first-order valence-electron chi connectivity index (χ1n) is 5.66. The lowest BCUT2D eigenvalue weighted by Crippen LogP contribution is -2.44. The Hall–Kier alpha value is -1.83. The highest BCUT2D eigenvalue weighted by Gasteiger charge is 2.17. The predicted octanol–water partition coefficient (Wildman–Crippen LogP) is 1.66. The molecule has 0 saturated heterocycles. The second kappa shape index (κ2) is 7.68. The predicted molar refractivity (Wildman–Crippen MR) is 73.2 cm³/mol. The number of carbonyl (C=O) groups is 2. The van der Waals surface area contributed by atoms with Crippen LogP contribution in [0.1, 0.15) is 6.92 Å². The molecular weight excluding hydrogens is 290 g/mol. The van der Waals surface area contributed by atoms with Crippen LogP contribution in [0.15, 0.2) is 24.3 Å². The van der Waals surface area contributed by atoms with E-state index >= 15 is 0 Å². The Bertz CT molecular complexity index is 468. The van der Waals surface area contributed by atoms with Crippen molar-refractivity contribution in [2.24, 2.45) is 0 Å². The number of nitrogens with one attached hydrogen (secondary N) is 2. The van der Waals surface area contributed by atoms with Crippen molar-refractivity contribution in [3.8, 4) is 5.75 Å². The molecule has 0 saturated carbocycles. The minimum atomic E-state index is -2.90. The summed E-state index contributed by atoms with van der Waals surface area (Å²) in [6.45, 7) is -1.61. The fourth-order valence-electron chi connectivity index (χ4n) is 1.39. The zero-order valence-electron chi connectivity index (χ0n) is 10.6. The second-order valence-corrected chi connectivity index (χ2v) is 4.19. The minimum absolute atomic E-state index is 0.00870. The summed E-state index contributed by atoms with van der Waals surface area (Å²) in [5.74, 6) is -0.666. The van der Waals surface area contributed by atoms with Gasteiger partial charge in [-0.1, -0.05) is 0 Å². The van der Waals surface area contributed by atoms with Crippen LogP contribution in [-0.2, 0) is 9.59 Å². The first kappa shape index (κ1) is 16.2. The Balaban J connectivity index is 2.63. The third kappa shape index (κ3) is 5.43. The van der Waals surface area contributed by atoms with Crippen LogP contribution < -0.4 is 15.4 Å². The molecule has 0 bridgehead atoms. The maximum absolute atomic E-state index is 12.0. The fraction of sp³-hybridized carbons (Fsp3) is 0.333. The molecule has 0 aliphatic rings. The van der Waals surface area contributed by atoms with Crippen molar-refractivity contribution in [2.75, 3.05) is 11.1 Å². The van der Waals surface area contributed by atoms with Crippen LogP contribution in [0, 0.1) is 0 Å². The number of alkyl halides is 2. The molecule has 0 radical (unpaired) electrons. The SMILES string of the molecule is CC(=O)NC(CS)C(=O)Nc1ccc(OC(F)F)cc1. The van der Waals surface area contributed by atoms with Crippen LogP contribution in [-0.4, -0.2) is 30.2 Å². The van der Waals surface area contributed by atoms with Crippen LogP contribution in [0.2, 0.25) is 0 Å². The van der Waals surface area contributed by atoms with Crippen molar-refractivity contribution in [1.82, 2.24) is 5.32 Å². The van der Waals surface area contributed by atoms with Gasteiger partial charge in [-0.15, -0.1) is 0 Å². The highest BCUT2D eigenvalue weighted by Crippen LogP contribution is 2.17. The molecular formula is C12H14F2N2O3S. The van der Waals surface area contributed by atoms with Crippen molar-refractivity contribution >= 4 is 30.1 Å². The van der Waals surface area contributed by atoms with E-state index in [1.807, 2.05) is 0 Å². The van der Waals surface area contributed by atoms with E-state index in [0.29, 0.717) is 5.69 Å². The molecule has 2 N–H and O–H groups in total. The summed E-state index contributed by atoms with van der Waals surface area (Å²) in [7, 11) is 0. The molecule has 1 aromatic carbocycles. The molecule has 1 unspecified atom stereocenters. The number of rotatable bonds is 6. The smallest absolute Gasteiger partial charge is 0.387 e. The summed E-state index contributed by atoms with van der Waals surface area (Å²) in [6.07, 6.45) is 0. The number of benzene rings is 1. The van der Waals surface area contributed by atoms with Gasteiger partial charge >= 0.3 is 6.61 Å². The largest absolute Gasteiger partial charge is 0.435 e. The van der Waals surface area contributed by atoms with E-state index in [9.17, 15) is 18.4 Å². The van der Waals surface area contributed by atoms with Gasteiger partial charge in [-0.25, -0.2) is 0 Å². The van der Waals surface area contributed by atoms with Crippen molar-refractivity contribution in [1.29, 1.82) is 0 Å². The summed E-state index contributed by atoms with van der Waals surface area (Å²) in [4.78, 5) is 22.7. The number of thiol groups is 1. The lowest BCUT2D eigenvalue weighted by atomic mass is 10.2. The monoisotopic (exact) mass is 304 g/mol.